The zero-order valence-corrected chi connectivity index (χ0v) is 19.9. The smallest absolute Gasteiger partial charge is 0.266 e. The lowest BCUT2D eigenvalue weighted by atomic mass is 10.1. The van der Waals surface area contributed by atoms with Crippen molar-refractivity contribution >= 4 is 29.3 Å². The van der Waals surface area contributed by atoms with Crippen LogP contribution in [0.2, 0.25) is 0 Å². The third-order valence-electron chi connectivity index (χ3n) is 5.21. The Hall–Kier alpha value is -4.57. The van der Waals surface area contributed by atoms with Gasteiger partial charge in [0.05, 0.1) is 6.61 Å². The molecule has 0 aliphatic rings. The summed E-state index contributed by atoms with van der Waals surface area (Å²) in [6.07, 6.45) is 1.48. The van der Waals surface area contributed by atoms with E-state index >= 15 is 0 Å². The molecule has 2 amide bonds. The van der Waals surface area contributed by atoms with E-state index in [1.807, 2.05) is 57.2 Å². The van der Waals surface area contributed by atoms with Crippen molar-refractivity contribution in [1.82, 2.24) is 0 Å². The van der Waals surface area contributed by atoms with Gasteiger partial charge in [0, 0.05) is 11.4 Å². The SMILES string of the molecule is CCOc1cc(/C=C(\C#N)C(=O)Nc2cccc(C)c2C)ccc1OCC(=O)Nc1ccccc1. The zero-order valence-electron chi connectivity index (χ0n) is 19.9. The number of anilines is 2. The molecule has 0 atom stereocenters. The molecule has 0 aliphatic heterocycles. The van der Waals surface area contributed by atoms with E-state index in [1.54, 1.807) is 36.4 Å². The Balaban J connectivity index is 1.73. The minimum absolute atomic E-state index is 0.0516. The number of nitriles is 1. The number of nitrogens with one attached hydrogen (secondary N) is 2. The van der Waals surface area contributed by atoms with E-state index in [0.29, 0.717) is 35.0 Å². The number of rotatable bonds is 9. The van der Waals surface area contributed by atoms with Crippen molar-refractivity contribution in [2.45, 2.75) is 20.8 Å². The van der Waals surface area contributed by atoms with Gasteiger partial charge in [-0.15, -0.1) is 0 Å². The quantitative estimate of drug-likeness (QED) is 0.329. The highest BCUT2D eigenvalue weighted by Gasteiger charge is 2.14. The molecule has 178 valence electrons. The molecule has 0 aromatic heterocycles. The Labute approximate surface area is 205 Å². The number of para-hydroxylation sites is 1. The second-order valence-electron chi connectivity index (χ2n) is 7.71. The first-order valence-electron chi connectivity index (χ1n) is 11.1. The molecule has 0 radical (unpaired) electrons. The minimum Gasteiger partial charge on any atom is -0.490 e. The molecule has 0 bridgehead atoms. The molecule has 0 saturated carbocycles. The highest BCUT2D eigenvalue weighted by atomic mass is 16.5. The maximum Gasteiger partial charge on any atom is 0.266 e. The van der Waals surface area contributed by atoms with Crippen molar-refractivity contribution in [3.63, 3.8) is 0 Å². The summed E-state index contributed by atoms with van der Waals surface area (Å²) in [5.74, 6) is -0.0267. The van der Waals surface area contributed by atoms with Gasteiger partial charge < -0.3 is 20.1 Å². The first-order chi connectivity index (χ1) is 16.9. The number of hydrogen-bond acceptors (Lipinski definition) is 5. The number of benzene rings is 3. The van der Waals surface area contributed by atoms with Gasteiger partial charge in [-0.05, 0) is 73.9 Å². The molecule has 0 fully saturated rings. The summed E-state index contributed by atoms with van der Waals surface area (Å²) in [5, 5.41) is 15.1. The first-order valence-corrected chi connectivity index (χ1v) is 11.1. The molecule has 0 spiro atoms. The topological polar surface area (TPSA) is 100 Å². The van der Waals surface area contributed by atoms with Crippen LogP contribution < -0.4 is 20.1 Å². The van der Waals surface area contributed by atoms with Crippen molar-refractivity contribution < 1.29 is 19.1 Å². The van der Waals surface area contributed by atoms with Crippen LogP contribution in [-0.4, -0.2) is 25.0 Å². The molecule has 7 heteroatoms. The van der Waals surface area contributed by atoms with Gasteiger partial charge in [-0.3, -0.25) is 9.59 Å². The van der Waals surface area contributed by atoms with Gasteiger partial charge in [0.15, 0.2) is 18.1 Å². The molecule has 3 aromatic rings. The molecular formula is C28H27N3O4. The molecule has 0 heterocycles. The fraction of sp³-hybridized carbons (Fsp3) is 0.179. The van der Waals surface area contributed by atoms with Crippen molar-refractivity contribution in [3.8, 4) is 17.6 Å². The monoisotopic (exact) mass is 469 g/mol. The maximum absolute atomic E-state index is 12.7. The summed E-state index contributed by atoms with van der Waals surface area (Å²) < 4.78 is 11.3. The fourth-order valence-corrected chi connectivity index (χ4v) is 3.26. The van der Waals surface area contributed by atoms with Crippen LogP contribution in [0.1, 0.15) is 23.6 Å². The van der Waals surface area contributed by atoms with Crippen LogP contribution >= 0.6 is 0 Å². The first kappa shape index (κ1) is 25.1. The van der Waals surface area contributed by atoms with Crippen LogP contribution in [-0.2, 0) is 9.59 Å². The molecule has 0 unspecified atom stereocenters. The molecule has 0 saturated heterocycles. The van der Waals surface area contributed by atoms with Gasteiger partial charge in [0.25, 0.3) is 11.8 Å². The Morgan fingerprint density at radius 2 is 1.71 bits per heavy atom. The standard InChI is InChI=1S/C28H27N3O4/c1-4-34-26-16-21(13-14-25(26)35-18-27(32)30-23-10-6-5-7-11-23)15-22(17-29)28(33)31-24-12-8-9-19(2)20(24)3/h5-16H,4,18H2,1-3H3,(H,30,32)(H,31,33)/b22-15+. The molecule has 7 nitrogen and oxygen atoms in total. The van der Waals surface area contributed by atoms with E-state index in [1.165, 1.54) is 6.08 Å². The van der Waals surface area contributed by atoms with Crippen LogP contribution in [0.4, 0.5) is 11.4 Å². The van der Waals surface area contributed by atoms with Gasteiger partial charge in [0.1, 0.15) is 11.6 Å². The number of hydrogen-bond donors (Lipinski definition) is 2. The second kappa shape index (κ2) is 12.1. The third-order valence-corrected chi connectivity index (χ3v) is 5.21. The highest BCUT2D eigenvalue weighted by Crippen LogP contribution is 2.29. The summed E-state index contributed by atoms with van der Waals surface area (Å²) in [6.45, 7) is 5.86. The van der Waals surface area contributed by atoms with Gasteiger partial charge >= 0.3 is 0 Å². The van der Waals surface area contributed by atoms with E-state index < -0.39 is 5.91 Å². The largest absolute Gasteiger partial charge is 0.490 e. The normalized spacial score (nSPS) is 10.7. The van der Waals surface area contributed by atoms with Crippen LogP contribution in [0, 0.1) is 25.2 Å². The van der Waals surface area contributed by atoms with Crippen LogP contribution in [0.15, 0.2) is 72.3 Å². The maximum atomic E-state index is 12.7. The van der Waals surface area contributed by atoms with E-state index in [-0.39, 0.29) is 18.1 Å². The van der Waals surface area contributed by atoms with Crippen molar-refractivity contribution in [2.24, 2.45) is 0 Å². The zero-order chi connectivity index (χ0) is 25.2. The lowest BCUT2D eigenvalue weighted by Crippen LogP contribution is -2.20. The lowest BCUT2D eigenvalue weighted by Gasteiger charge is -2.13. The summed E-state index contributed by atoms with van der Waals surface area (Å²) in [4.78, 5) is 24.9. The Kier molecular flexibility index (Phi) is 8.63. The second-order valence-corrected chi connectivity index (χ2v) is 7.71. The number of aryl methyl sites for hydroxylation is 1. The van der Waals surface area contributed by atoms with Crippen LogP contribution in [0.3, 0.4) is 0 Å². The summed E-state index contributed by atoms with van der Waals surface area (Å²) in [6, 6.07) is 21.6. The number of carbonyl (C=O) groups is 2. The van der Waals surface area contributed by atoms with Crippen LogP contribution in [0.5, 0.6) is 11.5 Å². The van der Waals surface area contributed by atoms with E-state index in [9.17, 15) is 14.9 Å². The fourth-order valence-electron chi connectivity index (χ4n) is 3.26. The average molecular weight is 470 g/mol. The predicted molar refractivity (Wildman–Crippen MR) is 136 cm³/mol. The summed E-state index contributed by atoms with van der Waals surface area (Å²) in [7, 11) is 0. The van der Waals surface area contributed by atoms with Crippen molar-refractivity contribution in [2.75, 3.05) is 23.8 Å². The van der Waals surface area contributed by atoms with E-state index in [0.717, 1.165) is 11.1 Å². The lowest BCUT2D eigenvalue weighted by molar-refractivity contribution is -0.118. The van der Waals surface area contributed by atoms with Gasteiger partial charge in [0.2, 0.25) is 0 Å². The van der Waals surface area contributed by atoms with Gasteiger partial charge in [-0.2, -0.15) is 5.26 Å². The van der Waals surface area contributed by atoms with Crippen molar-refractivity contribution in [3.05, 3.63) is 89.0 Å². The Morgan fingerprint density at radius 3 is 2.43 bits per heavy atom. The number of nitrogens with zero attached hydrogens (tertiary/aromatic N) is 1. The number of amides is 2. The van der Waals surface area contributed by atoms with Gasteiger partial charge in [-0.1, -0.05) is 36.4 Å². The summed E-state index contributed by atoms with van der Waals surface area (Å²) in [5.41, 5.74) is 3.85. The van der Waals surface area contributed by atoms with E-state index in [2.05, 4.69) is 10.6 Å². The predicted octanol–water partition coefficient (Wildman–Crippen LogP) is 5.27. The summed E-state index contributed by atoms with van der Waals surface area (Å²) >= 11 is 0. The Morgan fingerprint density at radius 1 is 0.943 bits per heavy atom. The average Bonchev–Trinajstić information content (AvgIpc) is 2.85. The third kappa shape index (κ3) is 6.95. The van der Waals surface area contributed by atoms with Crippen molar-refractivity contribution in [1.29, 1.82) is 5.26 Å². The number of carbonyl (C=O) groups excluding carboxylic acids is 2. The Bertz CT molecular complexity index is 1280. The highest BCUT2D eigenvalue weighted by molar-refractivity contribution is 6.10. The molecule has 2 N–H and O–H groups in total. The van der Waals surface area contributed by atoms with Gasteiger partial charge in [-0.25, -0.2) is 0 Å². The molecule has 0 aliphatic carbocycles. The molecule has 35 heavy (non-hydrogen) atoms. The molecular weight excluding hydrogens is 442 g/mol. The molecule has 3 aromatic carbocycles. The molecule has 3 rings (SSSR count). The van der Waals surface area contributed by atoms with E-state index in [4.69, 9.17) is 9.47 Å². The van der Waals surface area contributed by atoms with Crippen LogP contribution in [0.25, 0.3) is 6.08 Å². The minimum atomic E-state index is -0.503. The number of ether oxygens (including phenoxy) is 2.